The van der Waals surface area contributed by atoms with Gasteiger partial charge in [0.05, 0.1) is 6.61 Å². The number of nitrogens with two attached hydrogens (primary N) is 1. The summed E-state index contributed by atoms with van der Waals surface area (Å²) in [5, 5.41) is 2.82. The van der Waals surface area contributed by atoms with Gasteiger partial charge in [0.1, 0.15) is 0 Å². The highest BCUT2D eigenvalue weighted by Gasteiger charge is 2.05. The van der Waals surface area contributed by atoms with Crippen LogP contribution in [0.15, 0.2) is 0 Å². The average Bonchev–Trinajstić information content (AvgIpc) is 2.16. The predicted molar refractivity (Wildman–Crippen MR) is 58.3 cm³/mol. The number of nitrogens with zero attached hydrogens (tertiary/aromatic N) is 3. The summed E-state index contributed by atoms with van der Waals surface area (Å²) in [7, 11) is 0. The van der Waals surface area contributed by atoms with Gasteiger partial charge in [-0.1, -0.05) is 0 Å². The fraction of sp³-hybridized carbons (Fsp3) is 0.500. The fourth-order valence-corrected chi connectivity index (χ4v) is 1.05. The molecule has 1 aromatic heterocycles. The number of nitrogens with one attached hydrogen (secondary N) is 1. The molecule has 1 rings (SSSR count). The smallest absolute Gasteiger partial charge is 0.322 e. The zero-order valence-corrected chi connectivity index (χ0v) is 9.49. The molecule has 0 aliphatic carbocycles. The molecular weight excluding hydrogens is 234 g/mol. The summed E-state index contributed by atoms with van der Waals surface area (Å²) in [5.74, 6) is -0.151. The lowest BCUT2D eigenvalue weighted by molar-refractivity contribution is -0.117. The van der Waals surface area contributed by atoms with Crippen molar-refractivity contribution in [3.8, 4) is 6.01 Å². The highest BCUT2D eigenvalue weighted by molar-refractivity contribution is 6.28. The van der Waals surface area contributed by atoms with Gasteiger partial charge < -0.3 is 15.8 Å². The Labute approximate surface area is 97.4 Å². The molecule has 1 heterocycles. The van der Waals surface area contributed by atoms with Crippen LogP contribution in [0.2, 0.25) is 5.28 Å². The van der Waals surface area contributed by atoms with Crippen LogP contribution in [-0.4, -0.2) is 34.0 Å². The second kappa shape index (κ2) is 6.06. The molecule has 1 aromatic rings. The minimum Gasteiger partial charge on any atom is -0.464 e. The lowest BCUT2D eigenvalue weighted by atomic mass is 10.4. The van der Waals surface area contributed by atoms with Crippen molar-refractivity contribution < 1.29 is 9.53 Å². The summed E-state index contributed by atoms with van der Waals surface area (Å²) in [5.41, 5.74) is 4.98. The number of ether oxygens (including phenoxy) is 1. The Balaban J connectivity index is 2.61. The lowest BCUT2D eigenvalue weighted by Crippen LogP contribution is -2.17. The van der Waals surface area contributed by atoms with Crippen molar-refractivity contribution in [3.63, 3.8) is 0 Å². The molecule has 0 atom stereocenters. The van der Waals surface area contributed by atoms with Crippen molar-refractivity contribution in [1.82, 2.24) is 15.0 Å². The Morgan fingerprint density at radius 3 is 2.88 bits per heavy atom. The fourth-order valence-electron chi connectivity index (χ4n) is 0.902. The summed E-state index contributed by atoms with van der Waals surface area (Å²) >= 11 is 5.65. The zero-order chi connectivity index (χ0) is 12.0. The maximum Gasteiger partial charge on any atom is 0.322 e. The van der Waals surface area contributed by atoms with Crippen LogP contribution in [0.3, 0.4) is 0 Å². The van der Waals surface area contributed by atoms with E-state index in [9.17, 15) is 4.79 Å². The number of rotatable bonds is 6. The molecule has 0 unspecified atom stereocenters. The minimum atomic E-state index is -0.405. The topological polar surface area (TPSA) is 103 Å². The van der Waals surface area contributed by atoms with Gasteiger partial charge in [-0.25, -0.2) is 0 Å². The van der Waals surface area contributed by atoms with Crippen molar-refractivity contribution in [2.24, 2.45) is 5.73 Å². The minimum absolute atomic E-state index is 0.0278. The van der Waals surface area contributed by atoms with Crippen molar-refractivity contribution in [2.45, 2.75) is 13.3 Å². The average molecular weight is 246 g/mol. The summed E-state index contributed by atoms with van der Waals surface area (Å²) in [4.78, 5) is 22.0. The van der Waals surface area contributed by atoms with Crippen LogP contribution >= 0.6 is 11.6 Å². The van der Waals surface area contributed by atoms with Crippen LogP contribution < -0.4 is 15.8 Å². The van der Waals surface area contributed by atoms with Gasteiger partial charge in [-0.2, -0.15) is 15.0 Å². The Morgan fingerprint density at radius 1 is 1.50 bits per heavy atom. The summed E-state index contributed by atoms with van der Waals surface area (Å²) in [6.45, 7) is 2.57. The van der Waals surface area contributed by atoms with E-state index in [0.717, 1.165) is 0 Å². The Bertz CT molecular complexity index is 373. The van der Waals surface area contributed by atoms with Crippen LogP contribution in [0.4, 0.5) is 5.95 Å². The van der Waals surface area contributed by atoms with E-state index in [1.54, 1.807) is 6.92 Å². The molecule has 7 nitrogen and oxygen atoms in total. The van der Waals surface area contributed by atoms with E-state index < -0.39 is 5.91 Å². The standard InChI is InChI=1S/C8H12ClN5O2/c1-2-16-8-13-6(9)12-7(14-8)11-4-3-5(10)15/h2-4H2,1H3,(H2,10,15)(H,11,12,13,14). The van der Waals surface area contributed by atoms with Gasteiger partial charge in [0.2, 0.25) is 17.1 Å². The monoisotopic (exact) mass is 245 g/mol. The first-order valence-electron chi connectivity index (χ1n) is 4.68. The quantitative estimate of drug-likeness (QED) is 0.743. The molecule has 88 valence electrons. The van der Waals surface area contributed by atoms with E-state index in [1.165, 1.54) is 0 Å². The summed E-state index contributed by atoms with van der Waals surface area (Å²) < 4.78 is 5.08. The lowest BCUT2D eigenvalue weighted by Gasteiger charge is -2.05. The van der Waals surface area contributed by atoms with Gasteiger partial charge in [-0.3, -0.25) is 4.79 Å². The summed E-state index contributed by atoms with van der Waals surface area (Å²) in [6.07, 6.45) is 0.188. The van der Waals surface area contributed by atoms with Gasteiger partial charge in [-0.15, -0.1) is 0 Å². The number of carbonyl (C=O) groups excluding carboxylic acids is 1. The third-order valence-corrected chi connectivity index (χ3v) is 1.68. The molecule has 0 radical (unpaired) electrons. The van der Waals surface area contributed by atoms with Gasteiger partial charge in [0, 0.05) is 13.0 Å². The molecule has 3 N–H and O–H groups in total. The number of primary amides is 1. The molecule has 0 saturated carbocycles. The van der Waals surface area contributed by atoms with E-state index in [1.807, 2.05) is 0 Å². The van der Waals surface area contributed by atoms with Crippen LogP contribution in [0.25, 0.3) is 0 Å². The van der Waals surface area contributed by atoms with E-state index in [4.69, 9.17) is 22.1 Å². The highest BCUT2D eigenvalue weighted by Crippen LogP contribution is 2.10. The third kappa shape index (κ3) is 4.26. The van der Waals surface area contributed by atoms with Gasteiger partial charge in [0.25, 0.3) is 0 Å². The largest absolute Gasteiger partial charge is 0.464 e. The van der Waals surface area contributed by atoms with E-state index in [2.05, 4.69) is 20.3 Å². The van der Waals surface area contributed by atoms with Crippen molar-refractivity contribution >= 4 is 23.5 Å². The molecule has 0 aliphatic heterocycles. The number of anilines is 1. The highest BCUT2D eigenvalue weighted by atomic mass is 35.5. The normalized spacial score (nSPS) is 9.88. The van der Waals surface area contributed by atoms with Crippen LogP contribution in [0.1, 0.15) is 13.3 Å². The van der Waals surface area contributed by atoms with Crippen molar-refractivity contribution in [2.75, 3.05) is 18.5 Å². The van der Waals surface area contributed by atoms with Crippen molar-refractivity contribution in [1.29, 1.82) is 0 Å². The second-order valence-electron chi connectivity index (χ2n) is 2.79. The first-order valence-corrected chi connectivity index (χ1v) is 5.06. The van der Waals surface area contributed by atoms with Gasteiger partial charge in [-0.05, 0) is 18.5 Å². The maximum absolute atomic E-state index is 10.5. The molecule has 0 aromatic carbocycles. The number of amides is 1. The first-order chi connectivity index (χ1) is 7.61. The first kappa shape index (κ1) is 12.4. The number of carbonyl (C=O) groups is 1. The maximum atomic E-state index is 10.5. The summed E-state index contributed by atoms with van der Waals surface area (Å²) in [6, 6.07) is 0.143. The molecule has 16 heavy (non-hydrogen) atoms. The van der Waals surface area contributed by atoms with Crippen LogP contribution in [0, 0.1) is 0 Å². The van der Waals surface area contributed by atoms with E-state index >= 15 is 0 Å². The Morgan fingerprint density at radius 2 is 2.25 bits per heavy atom. The van der Waals surface area contributed by atoms with E-state index in [-0.39, 0.29) is 23.7 Å². The molecule has 0 aliphatic rings. The van der Waals surface area contributed by atoms with Gasteiger partial charge >= 0.3 is 6.01 Å². The molecule has 0 saturated heterocycles. The van der Waals surface area contributed by atoms with E-state index in [0.29, 0.717) is 13.2 Å². The molecular formula is C8H12ClN5O2. The molecule has 0 spiro atoms. The van der Waals surface area contributed by atoms with Crippen molar-refractivity contribution in [3.05, 3.63) is 5.28 Å². The Hall–Kier alpha value is -1.63. The van der Waals surface area contributed by atoms with Crippen LogP contribution in [-0.2, 0) is 4.79 Å². The molecule has 0 fully saturated rings. The number of hydrogen-bond donors (Lipinski definition) is 2. The molecule has 8 heteroatoms. The third-order valence-electron chi connectivity index (χ3n) is 1.52. The number of hydrogen-bond acceptors (Lipinski definition) is 6. The zero-order valence-electron chi connectivity index (χ0n) is 8.73. The number of halogens is 1. The molecule has 1 amide bonds. The SMILES string of the molecule is CCOc1nc(Cl)nc(NCCC(N)=O)n1. The predicted octanol–water partition coefficient (Wildman–Crippen LogP) is 0.211. The Kier molecular flexibility index (Phi) is 4.71. The molecule has 0 bridgehead atoms. The second-order valence-corrected chi connectivity index (χ2v) is 3.12. The van der Waals surface area contributed by atoms with Gasteiger partial charge in [0.15, 0.2) is 0 Å². The number of aromatic nitrogens is 3. The van der Waals surface area contributed by atoms with Crippen LogP contribution in [0.5, 0.6) is 6.01 Å².